The number of hydrogen-bond acceptors (Lipinski definition) is 1. The van der Waals surface area contributed by atoms with Crippen LogP contribution in [0.2, 0.25) is 5.02 Å². The Bertz CT molecular complexity index is 271. The molecule has 1 aromatic carbocycles. The number of hydrogen-bond donors (Lipinski definition) is 0. The van der Waals surface area contributed by atoms with Crippen LogP contribution in [0.5, 0.6) is 0 Å². The maximum absolute atomic E-state index is 8.57. The maximum Gasteiger partial charge on any atom is 0.0700 e. The summed E-state index contributed by atoms with van der Waals surface area (Å²) in [5, 5.41) is 9.28. The molecule has 0 fully saturated rings. The molecule has 0 radical (unpaired) electrons. The van der Waals surface area contributed by atoms with Gasteiger partial charge in [-0.2, -0.15) is 5.26 Å². The van der Waals surface area contributed by atoms with Gasteiger partial charge in [0.25, 0.3) is 0 Å². The van der Waals surface area contributed by atoms with Crippen molar-refractivity contribution < 1.29 is 0 Å². The molecule has 0 amide bonds. The minimum absolute atomic E-state index is 0.0488. The van der Waals surface area contributed by atoms with Crippen molar-refractivity contribution in [2.45, 2.75) is 12.8 Å². The van der Waals surface area contributed by atoms with Gasteiger partial charge in [0.1, 0.15) is 0 Å². The van der Waals surface area contributed by atoms with Gasteiger partial charge in [-0.3, -0.25) is 0 Å². The second kappa shape index (κ2) is 3.41. The van der Waals surface area contributed by atoms with Gasteiger partial charge in [0.05, 0.1) is 12.0 Å². The molecule has 0 N–H and O–H groups in total. The molecule has 0 aliphatic rings. The first-order chi connectivity index (χ1) is 5.24. The Labute approximate surface area is 71.2 Å². The van der Waals surface area contributed by atoms with Gasteiger partial charge in [0.2, 0.25) is 0 Å². The molecule has 11 heavy (non-hydrogen) atoms. The molecule has 56 valence electrons. The highest BCUT2D eigenvalue weighted by molar-refractivity contribution is 6.30. The highest BCUT2D eigenvalue weighted by atomic mass is 35.5. The summed E-state index contributed by atoms with van der Waals surface area (Å²) in [5.41, 5.74) is 1.01. The summed E-state index contributed by atoms with van der Waals surface area (Å²) in [6, 6.07) is 9.49. The molecule has 0 bridgehead atoms. The van der Waals surface area contributed by atoms with Gasteiger partial charge < -0.3 is 0 Å². The first-order valence-electron chi connectivity index (χ1n) is 3.39. The van der Waals surface area contributed by atoms with E-state index in [1.54, 1.807) is 12.1 Å². The molecule has 0 aliphatic carbocycles. The summed E-state index contributed by atoms with van der Waals surface area (Å²) >= 11 is 5.68. The van der Waals surface area contributed by atoms with E-state index in [1.807, 2.05) is 19.1 Å². The van der Waals surface area contributed by atoms with Crippen molar-refractivity contribution in [3.63, 3.8) is 0 Å². The molecule has 1 rings (SSSR count). The van der Waals surface area contributed by atoms with Crippen molar-refractivity contribution in [3.05, 3.63) is 34.9 Å². The average Bonchev–Trinajstić information content (AvgIpc) is 2.05. The van der Waals surface area contributed by atoms with E-state index in [0.29, 0.717) is 5.02 Å². The van der Waals surface area contributed by atoms with Crippen molar-refractivity contribution in [2.75, 3.05) is 0 Å². The molecule has 0 saturated heterocycles. The summed E-state index contributed by atoms with van der Waals surface area (Å²) in [6.07, 6.45) is 0. The lowest BCUT2D eigenvalue weighted by Gasteiger charge is -2.00. The topological polar surface area (TPSA) is 23.8 Å². The zero-order valence-corrected chi connectivity index (χ0v) is 6.97. The molecule has 1 nitrogen and oxygen atoms in total. The normalized spacial score (nSPS) is 12.1. The van der Waals surface area contributed by atoms with Crippen molar-refractivity contribution in [3.8, 4) is 6.07 Å². The molecule has 0 saturated carbocycles. The third-order valence-electron chi connectivity index (χ3n) is 1.56. The van der Waals surface area contributed by atoms with Gasteiger partial charge in [-0.1, -0.05) is 23.7 Å². The number of benzene rings is 1. The molecule has 0 aliphatic heterocycles. The smallest absolute Gasteiger partial charge is 0.0700 e. The van der Waals surface area contributed by atoms with Gasteiger partial charge >= 0.3 is 0 Å². The first kappa shape index (κ1) is 8.10. The van der Waals surface area contributed by atoms with Crippen LogP contribution >= 0.6 is 11.6 Å². The van der Waals surface area contributed by atoms with Gasteiger partial charge in [0, 0.05) is 5.02 Å². The summed E-state index contributed by atoms with van der Waals surface area (Å²) in [4.78, 5) is 0. The van der Waals surface area contributed by atoms with E-state index in [2.05, 4.69) is 6.07 Å². The summed E-state index contributed by atoms with van der Waals surface area (Å²) in [6.45, 7) is 1.86. The molecule has 0 unspecified atom stereocenters. The van der Waals surface area contributed by atoms with Crippen LogP contribution in [0.3, 0.4) is 0 Å². The second-order valence-electron chi connectivity index (χ2n) is 2.40. The summed E-state index contributed by atoms with van der Waals surface area (Å²) < 4.78 is 0. The molecule has 1 atom stereocenters. The average molecular weight is 166 g/mol. The van der Waals surface area contributed by atoms with E-state index < -0.39 is 0 Å². The largest absolute Gasteiger partial charge is 0.198 e. The van der Waals surface area contributed by atoms with Crippen LogP contribution in [0.15, 0.2) is 24.3 Å². The van der Waals surface area contributed by atoms with Crippen LogP contribution in [0.25, 0.3) is 0 Å². The van der Waals surface area contributed by atoms with Crippen LogP contribution in [-0.4, -0.2) is 0 Å². The van der Waals surface area contributed by atoms with Crippen molar-refractivity contribution in [1.29, 1.82) is 5.26 Å². The predicted molar refractivity (Wildman–Crippen MR) is 45.5 cm³/mol. The van der Waals surface area contributed by atoms with E-state index in [0.717, 1.165) is 5.56 Å². The van der Waals surface area contributed by atoms with E-state index in [9.17, 15) is 0 Å². The quantitative estimate of drug-likeness (QED) is 0.628. The molecular formula is C9H8ClN. The zero-order valence-electron chi connectivity index (χ0n) is 6.21. The lowest BCUT2D eigenvalue weighted by atomic mass is 10.0. The second-order valence-corrected chi connectivity index (χ2v) is 2.84. The Morgan fingerprint density at radius 1 is 1.36 bits per heavy atom. The zero-order chi connectivity index (χ0) is 8.27. The number of halogens is 1. The summed E-state index contributed by atoms with van der Waals surface area (Å²) in [7, 11) is 0. The van der Waals surface area contributed by atoms with Crippen molar-refractivity contribution in [1.82, 2.24) is 0 Å². The SMILES string of the molecule is C[C@@H](C#N)c1ccc(Cl)cc1. The molecule has 0 aromatic heterocycles. The first-order valence-corrected chi connectivity index (χ1v) is 3.77. The van der Waals surface area contributed by atoms with Gasteiger partial charge in [-0.15, -0.1) is 0 Å². The Kier molecular flexibility index (Phi) is 2.51. The van der Waals surface area contributed by atoms with E-state index >= 15 is 0 Å². The van der Waals surface area contributed by atoms with E-state index in [-0.39, 0.29) is 5.92 Å². The van der Waals surface area contributed by atoms with E-state index in [1.165, 1.54) is 0 Å². The Balaban J connectivity index is 2.92. The van der Waals surface area contributed by atoms with Crippen LogP contribution in [0.1, 0.15) is 18.4 Å². The van der Waals surface area contributed by atoms with Gasteiger partial charge in [-0.25, -0.2) is 0 Å². The Morgan fingerprint density at radius 2 is 1.91 bits per heavy atom. The van der Waals surface area contributed by atoms with Crippen LogP contribution in [-0.2, 0) is 0 Å². The van der Waals surface area contributed by atoms with Gasteiger partial charge in [0.15, 0.2) is 0 Å². The third kappa shape index (κ3) is 1.96. The monoisotopic (exact) mass is 165 g/mol. The molecule has 1 aromatic rings. The summed E-state index contributed by atoms with van der Waals surface area (Å²) in [5.74, 6) is -0.0488. The Morgan fingerprint density at radius 3 is 2.36 bits per heavy atom. The van der Waals surface area contributed by atoms with Crippen LogP contribution in [0, 0.1) is 11.3 Å². The van der Waals surface area contributed by atoms with Crippen molar-refractivity contribution >= 4 is 11.6 Å². The highest BCUT2D eigenvalue weighted by Gasteiger charge is 2.01. The fraction of sp³-hybridized carbons (Fsp3) is 0.222. The van der Waals surface area contributed by atoms with E-state index in [4.69, 9.17) is 16.9 Å². The molecular weight excluding hydrogens is 158 g/mol. The Hall–Kier alpha value is -1.00. The minimum Gasteiger partial charge on any atom is -0.198 e. The maximum atomic E-state index is 8.57. The number of rotatable bonds is 1. The van der Waals surface area contributed by atoms with Crippen LogP contribution in [0.4, 0.5) is 0 Å². The number of nitrogens with zero attached hydrogens (tertiary/aromatic N) is 1. The lowest BCUT2D eigenvalue weighted by molar-refractivity contribution is 0.982. The van der Waals surface area contributed by atoms with Crippen LogP contribution < -0.4 is 0 Å². The number of nitriles is 1. The standard InChI is InChI=1S/C9H8ClN/c1-7(6-11)8-2-4-9(10)5-3-8/h2-5,7H,1H3/t7-/m0/s1. The predicted octanol–water partition coefficient (Wildman–Crippen LogP) is 2.97. The van der Waals surface area contributed by atoms with Gasteiger partial charge in [-0.05, 0) is 24.6 Å². The highest BCUT2D eigenvalue weighted by Crippen LogP contribution is 2.16. The lowest BCUT2D eigenvalue weighted by Crippen LogP contribution is -1.87. The third-order valence-corrected chi connectivity index (χ3v) is 1.82. The van der Waals surface area contributed by atoms with Crippen molar-refractivity contribution in [2.24, 2.45) is 0 Å². The molecule has 2 heteroatoms. The molecule has 0 spiro atoms. The molecule has 0 heterocycles. The fourth-order valence-electron chi connectivity index (χ4n) is 0.826. The fourth-order valence-corrected chi connectivity index (χ4v) is 0.952. The minimum atomic E-state index is -0.0488.